The van der Waals surface area contributed by atoms with Crippen molar-refractivity contribution in [3.05, 3.63) is 102 Å². The van der Waals surface area contributed by atoms with Gasteiger partial charge in [0.25, 0.3) is 10.0 Å². The molecule has 0 saturated heterocycles. The Morgan fingerprint density at radius 2 is 1.81 bits per heavy atom. The van der Waals surface area contributed by atoms with E-state index in [9.17, 15) is 13.2 Å². The molecule has 0 spiro atoms. The molecule has 0 atom stereocenters. The summed E-state index contributed by atoms with van der Waals surface area (Å²) in [6.45, 7) is 0.413. The number of anilines is 2. The summed E-state index contributed by atoms with van der Waals surface area (Å²) < 4.78 is 38.5. The van der Waals surface area contributed by atoms with Crippen molar-refractivity contribution in [2.24, 2.45) is 0 Å². The van der Waals surface area contributed by atoms with E-state index in [-0.39, 0.29) is 15.9 Å². The summed E-state index contributed by atoms with van der Waals surface area (Å²) in [7, 11) is -2.20. The molecule has 10 heteroatoms. The molecule has 0 unspecified atom stereocenters. The molecule has 4 aromatic rings. The van der Waals surface area contributed by atoms with E-state index in [1.807, 2.05) is 36.4 Å². The number of ether oxygens (including phenoxy) is 2. The minimum Gasteiger partial charge on any atom is -0.493 e. The van der Waals surface area contributed by atoms with Gasteiger partial charge in [0.2, 0.25) is 5.91 Å². The van der Waals surface area contributed by atoms with Gasteiger partial charge >= 0.3 is 0 Å². The van der Waals surface area contributed by atoms with Crippen LogP contribution in [0.25, 0.3) is 6.08 Å². The van der Waals surface area contributed by atoms with Crippen LogP contribution in [-0.4, -0.2) is 26.4 Å². The van der Waals surface area contributed by atoms with E-state index in [4.69, 9.17) is 9.47 Å². The van der Waals surface area contributed by atoms with Gasteiger partial charge in [-0.05, 0) is 53.6 Å². The first-order valence-electron chi connectivity index (χ1n) is 10.8. The zero-order chi connectivity index (χ0) is 25.4. The number of hydrogen-bond donors (Lipinski definition) is 2. The molecular weight excluding hydrogens is 498 g/mol. The molecule has 8 nitrogen and oxygen atoms in total. The Labute approximate surface area is 213 Å². The third-order valence-electron chi connectivity index (χ3n) is 4.94. The molecule has 3 aromatic carbocycles. The molecular formula is C26H23N3O5S2. The SMILES string of the molecule is COc1cc(/C=C/C(=O)Nc2ccc(S(=O)(=O)Nc3nccs3)cc2)ccc1OCc1ccccc1. The first kappa shape index (κ1) is 25.0. The van der Waals surface area contributed by atoms with Crippen LogP contribution in [0.1, 0.15) is 11.1 Å². The Morgan fingerprint density at radius 3 is 2.50 bits per heavy atom. The number of carbonyl (C=O) groups excluding carboxylic acids is 1. The molecule has 4 rings (SSSR count). The number of rotatable bonds is 10. The van der Waals surface area contributed by atoms with Crippen LogP contribution in [0, 0.1) is 0 Å². The first-order valence-corrected chi connectivity index (χ1v) is 13.2. The monoisotopic (exact) mass is 521 g/mol. The highest BCUT2D eigenvalue weighted by Crippen LogP contribution is 2.29. The maximum absolute atomic E-state index is 12.4. The second kappa shape index (κ2) is 11.5. The van der Waals surface area contributed by atoms with Gasteiger partial charge in [0.15, 0.2) is 16.6 Å². The molecule has 2 N–H and O–H groups in total. The second-order valence-corrected chi connectivity index (χ2v) is 10.1. The summed E-state index contributed by atoms with van der Waals surface area (Å²) in [4.78, 5) is 16.3. The lowest BCUT2D eigenvalue weighted by molar-refractivity contribution is -0.111. The zero-order valence-corrected chi connectivity index (χ0v) is 20.9. The van der Waals surface area contributed by atoms with Gasteiger partial charge in [-0.3, -0.25) is 9.52 Å². The third-order valence-corrected chi connectivity index (χ3v) is 7.11. The number of benzene rings is 3. The normalized spacial score (nSPS) is 11.2. The Kier molecular flexibility index (Phi) is 7.99. The summed E-state index contributed by atoms with van der Waals surface area (Å²) in [5, 5.41) is 4.66. The maximum Gasteiger partial charge on any atom is 0.263 e. The number of sulfonamides is 1. The fourth-order valence-electron chi connectivity index (χ4n) is 3.16. The average molecular weight is 522 g/mol. The van der Waals surface area contributed by atoms with E-state index < -0.39 is 10.0 Å². The summed E-state index contributed by atoms with van der Waals surface area (Å²) in [6, 6.07) is 21.1. The number of aromatic nitrogens is 1. The summed E-state index contributed by atoms with van der Waals surface area (Å²) >= 11 is 1.18. The van der Waals surface area contributed by atoms with Crippen LogP contribution in [0.15, 0.2) is 95.3 Å². The van der Waals surface area contributed by atoms with Crippen LogP contribution in [0.2, 0.25) is 0 Å². The van der Waals surface area contributed by atoms with Crippen molar-refractivity contribution in [2.75, 3.05) is 17.1 Å². The molecule has 0 bridgehead atoms. The van der Waals surface area contributed by atoms with Crippen molar-refractivity contribution >= 4 is 44.2 Å². The lowest BCUT2D eigenvalue weighted by Crippen LogP contribution is -2.13. The number of methoxy groups -OCH3 is 1. The largest absolute Gasteiger partial charge is 0.493 e. The van der Waals surface area contributed by atoms with Gasteiger partial charge in [-0.1, -0.05) is 36.4 Å². The van der Waals surface area contributed by atoms with E-state index in [1.54, 1.807) is 30.7 Å². The van der Waals surface area contributed by atoms with Crippen LogP contribution < -0.4 is 19.5 Å². The smallest absolute Gasteiger partial charge is 0.263 e. The predicted molar refractivity (Wildman–Crippen MR) is 141 cm³/mol. The van der Waals surface area contributed by atoms with Crippen LogP contribution >= 0.6 is 11.3 Å². The second-order valence-electron chi connectivity index (χ2n) is 7.47. The third kappa shape index (κ3) is 6.71. The van der Waals surface area contributed by atoms with E-state index in [2.05, 4.69) is 15.0 Å². The highest BCUT2D eigenvalue weighted by atomic mass is 32.2. The van der Waals surface area contributed by atoms with Crippen molar-refractivity contribution in [1.82, 2.24) is 4.98 Å². The van der Waals surface area contributed by atoms with Gasteiger partial charge < -0.3 is 14.8 Å². The molecule has 1 amide bonds. The maximum atomic E-state index is 12.4. The van der Waals surface area contributed by atoms with E-state index in [0.717, 1.165) is 11.1 Å². The fraction of sp³-hybridized carbons (Fsp3) is 0.0769. The minimum atomic E-state index is -3.76. The summed E-state index contributed by atoms with van der Waals surface area (Å²) in [5.41, 5.74) is 2.26. The number of nitrogens with one attached hydrogen (secondary N) is 2. The Balaban J connectivity index is 1.35. The molecule has 0 saturated carbocycles. The van der Waals surface area contributed by atoms with Crippen molar-refractivity contribution in [3.63, 3.8) is 0 Å². The Hall–Kier alpha value is -4.15. The number of carbonyl (C=O) groups is 1. The zero-order valence-electron chi connectivity index (χ0n) is 19.2. The van der Waals surface area contributed by atoms with Crippen LogP contribution in [-0.2, 0) is 21.4 Å². The minimum absolute atomic E-state index is 0.0629. The molecule has 1 heterocycles. The average Bonchev–Trinajstić information content (AvgIpc) is 3.39. The number of amides is 1. The quantitative estimate of drug-likeness (QED) is 0.279. The van der Waals surface area contributed by atoms with E-state index in [0.29, 0.717) is 23.8 Å². The topological polar surface area (TPSA) is 107 Å². The van der Waals surface area contributed by atoms with Gasteiger partial charge in [0.1, 0.15) is 6.61 Å². The molecule has 0 aliphatic carbocycles. The Morgan fingerprint density at radius 1 is 1.03 bits per heavy atom. The van der Waals surface area contributed by atoms with Crippen LogP contribution in [0.5, 0.6) is 11.5 Å². The van der Waals surface area contributed by atoms with Gasteiger partial charge in [-0.15, -0.1) is 11.3 Å². The Bertz CT molecular complexity index is 1440. The lowest BCUT2D eigenvalue weighted by atomic mass is 10.2. The molecule has 184 valence electrons. The molecule has 0 fully saturated rings. The van der Waals surface area contributed by atoms with Gasteiger partial charge in [0, 0.05) is 23.3 Å². The number of nitrogens with zero attached hydrogens (tertiary/aromatic N) is 1. The molecule has 36 heavy (non-hydrogen) atoms. The van der Waals surface area contributed by atoms with Gasteiger partial charge in [-0.25, -0.2) is 13.4 Å². The summed E-state index contributed by atoms with van der Waals surface area (Å²) in [6.07, 6.45) is 4.54. The molecule has 1 aromatic heterocycles. The highest BCUT2D eigenvalue weighted by molar-refractivity contribution is 7.93. The number of thiazole rings is 1. The predicted octanol–water partition coefficient (Wildman–Crippen LogP) is 5.18. The highest BCUT2D eigenvalue weighted by Gasteiger charge is 2.15. The van der Waals surface area contributed by atoms with Crippen molar-refractivity contribution < 1.29 is 22.7 Å². The fourth-order valence-corrected chi connectivity index (χ4v) is 4.95. The standard InChI is InChI=1S/C26H23N3O5S2/c1-33-24-17-19(7-13-23(24)34-18-20-5-3-2-4-6-20)8-14-25(30)28-21-9-11-22(12-10-21)36(31,32)29-26-27-15-16-35-26/h2-17H,18H2,1H3,(H,27,29)(H,28,30)/b14-8+. The number of hydrogen-bond acceptors (Lipinski definition) is 7. The van der Waals surface area contributed by atoms with Crippen molar-refractivity contribution in [2.45, 2.75) is 11.5 Å². The van der Waals surface area contributed by atoms with Crippen LogP contribution in [0.4, 0.5) is 10.8 Å². The molecule has 0 aliphatic rings. The van der Waals surface area contributed by atoms with Gasteiger partial charge in [-0.2, -0.15) is 0 Å². The van der Waals surface area contributed by atoms with E-state index >= 15 is 0 Å². The van der Waals surface area contributed by atoms with Crippen molar-refractivity contribution in [1.29, 1.82) is 0 Å². The summed E-state index contributed by atoms with van der Waals surface area (Å²) in [5.74, 6) is 0.786. The van der Waals surface area contributed by atoms with Crippen molar-refractivity contribution in [3.8, 4) is 11.5 Å². The lowest BCUT2D eigenvalue weighted by Gasteiger charge is -2.11. The van der Waals surface area contributed by atoms with E-state index in [1.165, 1.54) is 47.9 Å². The molecule has 0 aliphatic heterocycles. The molecule has 0 radical (unpaired) electrons. The van der Waals surface area contributed by atoms with Gasteiger partial charge in [0.05, 0.1) is 12.0 Å². The first-order chi connectivity index (χ1) is 17.4. The van der Waals surface area contributed by atoms with Crippen LogP contribution in [0.3, 0.4) is 0 Å².